The lowest BCUT2D eigenvalue weighted by Gasteiger charge is -2.35. The standard InChI is InChI=1S/C20H28N2O3/c1-5-6-7-8-10-15-17(11-9-13-21-15)24-18(16-12-14-22-16)19(23)25-20(2,3)4/h1,9,11,13,16,18,22H,6-8,10,12,14H2,2-4H3/t16-,18?/m0/s1. The predicted molar refractivity (Wildman–Crippen MR) is 97.3 cm³/mol. The fourth-order valence-electron chi connectivity index (χ4n) is 2.60. The number of carbonyl (C=O) groups is 1. The molecule has 2 rings (SSSR count). The lowest BCUT2D eigenvalue weighted by molar-refractivity contribution is -0.165. The molecule has 2 atom stereocenters. The van der Waals surface area contributed by atoms with Gasteiger partial charge in [0.15, 0.2) is 0 Å². The molecule has 0 bridgehead atoms. The van der Waals surface area contributed by atoms with Gasteiger partial charge in [-0.15, -0.1) is 12.3 Å². The van der Waals surface area contributed by atoms with Crippen molar-refractivity contribution in [2.45, 2.75) is 70.6 Å². The molecule has 5 nitrogen and oxygen atoms in total. The number of carbonyl (C=O) groups excluding carboxylic acids is 1. The van der Waals surface area contributed by atoms with Crippen molar-refractivity contribution in [1.29, 1.82) is 0 Å². The summed E-state index contributed by atoms with van der Waals surface area (Å²) in [4.78, 5) is 17.0. The van der Waals surface area contributed by atoms with Crippen molar-refractivity contribution in [3.8, 4) is 18.1 Å². The van der Waals surface area contributed by atoms with Crippen LogP contribution in [0.3, 0.4) is 0 Å². The van der Waals surface area contributed by atoms with E-state index in [1.807, 2.05) is 32.9 Å². The molecule has 1 aromatic rings. The Morgan fingerprint density at radius 2 is 2.24 bits per heavy atom. The second-order valence-electron chi connectivity index (χ2n) is 7.28. The van der Waals surface area contributed by atoms with Crippen LogP contribution in [-0.4, -0.2) is 35.2 Å². The Bertz CT molecular complexity index is 612. The van der Waals surface area contributed by atoms with E-state index in [0.717, 1.165) is 44.3 Å². The number of pyridine rings is 1. The van der Waals surface area contributed by atoms with Crippen molar-refractivity contribution < 1.29 is 14.3 Å². The highest BCUT2D eigenvalue weighted by Gasteiger charge is 2.37. The molecule has 1 saturated heterocycles. The van der Waals surface area contributed by atoms with Gasteiger partial charge in [-0.05, 0) is 65.1 Å². The van der Waals surface area contributed by atoms with E-state index in [-0.39, 0.29) is 12.0 Å². The average molecular weight is 344 g/mol. The van der Waals surface area contributed by atoms with Crippen LogP contribution >= 0.6 is 0 Å². The third-order valence-electron chi connectivity index (χ3n) is 3.95. The largest absolute Gasteiger partial charge is 0.475 e. The third kappa shape index (κ3) is 6.06. The van der Waals surface area contributed by atoms with Gasteiger partial charge >= 0.3 is 5.97 Å². The first-order chi connectivity index (χ1) is 11.9. The lowest BCUT2D eigenvalue weighted by atomic mass is 10.0. The average Bonchev–Trinajstić information content (AvgIpc) is 2.49. The number of terminal acetylenes is 1. The monoisotopic (exact) mass is 344 g/mol. The van der Waals surface area contributed by atoms with Gasteiger partial charge in [-0.1, -0.05) is 0 Å². The summed E-state index contributed by atoms with van der Waals surface area (Å²) >= 11 is 0. The van der Waals surface area contributed by atoms with Crippen molar-refractivity contribution in [2.75, 3.05) is 6.54 Å². The maximum absolute atomic E-state index is 12.6. The normalized spacial score (nSPS) is 17.9. The molecule has 1 unspecified atom stereocenters. The number of unbranched alkanes of at least 4 members (excludes halogenated alkanes) is 2. The molecule has 0 radical (unpaired) electrons. The van der Waals surface area contributed by atoms with E-state index in [1.165, 1.54) is 0 Å². The van der Waals surface area contributed by atoms with Crippen molar-refractivity contribution in [1.82, 2.24) is 10.3 Å². The van der Waals surface area contributed by atoms with Crippen LogP contribution in [0.1, 0.15) is 52.1 Å². The SMILES string of the molecule is C#CCCCCc1ncccc1OC(C(=O)OC(C)(C)C)[C@@H]1CCN1. The molecule has 1 aliphatic rings. The molecule has 0 amide bonds. The van der Waals surface area contributed by atoms with E-state index in [2.05, 4.69) is 16.2 Å². The maximum atomic E-state index is 12.6. The third-order valence-corrected chi connectivity index (χ3v) is 3.95. The first kappa shape index (κ1) is 19.3. The quantitative estimate of drug-likeness (QED) is 0.446. The van der Waals surface area contributed by atoms with Crippen LogP contribution in [0.25, 0.3) is 0 Å². The lowest BCUT2D eigenvalue weighted by Crippen LogP contribution is -2.57. The molecule has 0 saturated carbocycles. The van der Waals surface area contributed by atoms with E-state index < -0.39 is 11.7 Å². The van der Waals surface area contributed by atoms with Crippen molar-refractivity contribution in [3.05, 3.63) is 24.0 Å². The summed E-state index contributed by atoms with van der Waals surface area (Å²) < 4.78 is 11.6. The summed E-state index contributed by atoms with van der Waals surface area (Å²) in [6.07, 6.45) is 10.7. The zero-order valence-corrected chi connectivity index (χ0v) is 15.4. The number of aromatic nitrogens is 1. The molecule has 136 valence electrons. The number of esters is 1. The summed E-state index contributed by atoms with van der Waals surface area (Å²) in [5, 5.41) is 3.24. The van der Waals surface area contributed by atoms with Crippen molar-refractivity contribution in [3.63, 3.8) is 0 Å². The number of hydrogen-bond donors (Lipinski definition) is 1. The summed E-state index contributed by atoms with van der Waals surface area (Å²) in [7, 11) is 0. The van der Waals surface area contributed by atoms with Crippen LogP contribution in [0.15, 0.2) is 18.3 Å². The molecule has 0 aromatic carbocycles. The first-order valence-electron chi connectivity index (χ1n) is 8.91. The van der Waals surface area contributed by atoms with E-state index in [0.29, 0.717) is 5.75 Å². The molecule has 0 aliphatic carbocycles. The highest BCUT2D eigenvalue weighted by molar-refractivity contribution is 5.76. The van der Waals surface area contributed by atoms with Gasteiger partial charge in [-0.2, -0.15) is 0 Å². The molecule has 0 spiro atoms. The Morgan fingerprint density at radius 3 is 2.84 bits per heavy atom. The summed E-state index contributed by atoms with van der Waals surface area (Å²) in [6.45, 7) is 6.46. The molecule has 25 heavy (non-hydrogen) atoms. The smallest absolute Gasteiger partial charge is 0.349 e. The Hall–Kier alpha value is -2.06. The van der Waals surface area contributed by atoms with E-state index in [1.54, 1.807) is 6.20 Å². The predicted octanol–water partition coefficient (Wildman–Crippen LogP) is 2.88. The van der Waals surface area contributed by atoms with E-state index >= 15 is 0 Å². The van der Waals surface area contributed by atoms with Gasteiger partial charge < -0.3 is 14.8 Å². The van der Waals surface area contributed by atoms with Gasteiger partial charge in [0.2, 0.25) is 6.10 Å². The van der Waals surface area contributed by atoms with Crippen molar-refractivity contribution in [2.24, 2.45) is 0 Å². The Labute approximate surface area is 150 Å². The van der Waals surface area contributed by atoms with Crippen LogP contribution in [0.2, 0.25) is 0 Å². The highest BCUT2D eigenvalue weighted by Crippen LogP contribution is 2.24. The first-order valence-corrected chi connectivity index (χ1v) is 8.91. The number of nitrogens with zero attached hydrogens (tertiary/aromatic N) is 1. The van der Waals surface area contributed by atoms with Gasteiger partial charge in [0.1, 0.15) is 11.4 Å². The van der Waals surface area contributed by atoms with E-state index in [9.17, 15) is 4.79 Å². The molecule has 1 aromatic heterocycles. The Morgan fingerprint density at radius 1 is 1.48 bits per heavy atom. The Balaban J connectivity index is 2.08. The number of nitrogens with one attached hydrogen (secondary N) is 1. The minimum Gasteiger partial charge on any atom is -0.475 e. The van der Waals surface area contributed by atoms with Gasteiger partial charge in [0.25, 0.3) is 0 Å². The minimum absolute atomic E-state index is 0.0238. The summed E-state index contributed by atoms with van der Waals surface area (Å²) in [5.74, 6) is 2.95. The molecule has 2 heterocycles. The van der Waals surface area contributed by atoms with Gasteiger partial charge in [-0.3, -0.25) is 4.98 Å². The minimum atomic E-state index is -0.665. The summed E-state index contributed by atoms with van der Waals surface area (Å²) in [6, 6.07) is 3.66. The fraction of sp³-hybridized carbons (Fsp3) is 0.600. The molecular weight excluding hydrogens is 316 g/mol. The van der Waals surface area contributed by atoms with Gasteiger partial charge in [0.05, 0.1) is 11.7 Å². The zero-order valence-electron chi connectivity index (χ0n) is 15.4. The number of hydrogen-bond acceptors (Lipinski definition) is 5. The van der Waals surface area contributed by atoms with Crippen LogP contribution in [0.4, 0.5) is 0 Å². The number of ether oxygens (including phenoxy) is 2. The van der Waals surface area contributed by atoms with Crippen LogP contribution in [0, 0.1) is 12.3 Å². The van der Waals surface area contributed by atoms with Crippen LogP contribution < -0.4 is 10.1 Å². The number of aryl methyl sites for hydroxylation is 1. The maximum Gasteiger partial charge on any atom is 0.349 e. The Kier molecular flexibility index (Phi) is 6.83. The summed E-state index contributed by atoms with van der Waals surface area (Å²) in [5.41, 5.74) is 0.308. The van der Waals surface area contributed by atoms with Gasteiger partial charge in [-0.25, -0.2) is 4.79 Å². The fourth-order valence-corrected chi connectivity index (χ4v) is 2.60. The highest BCUT2D eigenvalue weighted by atomic mass is 16.6. The molecule has 5 heteroatoms. The molecule has 1 aliphatic heterocycles. The van der Waals surface area contributed by atoms with Gasteiger partial charge in [0, 0.05) is 12.6 Å². The van der Waals surface area contributed by atoms with Crippen LogP contribution in [0.5, 0.6) is 5.75 Å². The zero-order chi connectivity index (χ0) is 18.3. The molecular formula is C20H28N2O3. The van der Waals surface area contributed by atoms with Crippen molar-refractivity contribution >= 4 is 5.97 Å². The second-order valence-corrected chi connectivity index (χ2v) is 7.28. The molecule has 1 N–H and O–H groups in total. The number of rotatable bonds is 8. The molecule has 1 fully saturated rings. The van der Waals surface area contributed by atoms with E-state index in [4.69, 9.17) is 15.9 Å². The second kappa shape index (κ2) is 8.87. The van der Waals surface area contributed by atoms with Crippen LogP contribution in [-0.2, 0) is 16.0 Å². The topological polar surface area (TPSA) is 60.5 Å².